The summed E-state index contributed by atoms with van der Waals surface area (Å²) >= 11 is 12.1. The minimum Gasteiger partial charge on any atom is -0.248 e. The number of halogens is 2. The van der Waals surface area contributed by atoms with Gasteiger partial charge in [-0.3, -0.25) is 0 Å². The van der Waals surface area contributed by atoms with Gasteiger partial charge in [-0.25, -0.2) is 9.97 Å². The molecule has 2 nitrogen and oxygen atoms in total. The standard InChI is InChI=1S/C15H8Cl2N2/c16-10-6-12-13(7-11(10)17)19-15-9-4-2-1-3-8(9)5-14(15)18-12/h1-4,6-7H,5H2. The average Bonchev–Trinajstić information content (AvgIpc) is 2.75. The zero-order chi connectivity index (χ0) is 13.0. The zero-order valence-electron chi connectivity index (χ0n) is 9.82. The van der Waals surface area contributed by atoms with Crippen molar-refractivity contribution >= 4 is 34.2 Å². The minimum absolute atomic E-state index is 0.509. The average molecular weight is 287 g/mol. The summed E-state index contributed by atoms with van der Waals surface area (Å²) in [4.78, 5) is 9.36. The highest BCUT2D eigenvalue weighted by Gasteiger charge is 2.21. The van der Waals surface area contributed by atoms with Gasteiger partial charge >= 0.3 is 0 Å². The van der Waals surface area contributed by atoms with E-state index in [1.165, 1.54) is 5.56 Å². The molecule has 3 aromatic rings. The Balaban J connectivity index is 2.04. The van der Waals surface area contributed by atoms with Gasteiger partial charge in [0.1, 0.15) is 0 Å². The smallest absolute Gasteiger partial charge is 0.0931 e. The molecule has 4 rings (SSSR count). The van der Waals surface area contributed by atoms with Crippen molar-refractivity contribution < 1.29 is 0 Å². The lowest BCUT2D eigenvalue weighted by Gasteiger charge is -2.04. The Labute approximate surface area is 120 Å². The van der Waals surface area contributed by atoms with E-state index >= 15 is 0 Å². The first kappa shape index (κ1) is 11.2. The largest absolute Gasteiger partial charge is 0.248 e. The summed E-state index contributed by atoms with van der Waals surface area (Å²) in [6.45, 7) is 0. The van der Waals surface area contributed by atoms with Crippen LogP contribution in [0.4, 0.5) is 0 Å². The topological polar surface area (TPSA) is 25.8 Å². The molecule has 1 heterocycles. The third-order valence-corrected chi connectivity index (χ3v) is 4.13. The molecule has 4 heteroatoms. The molecule has 0 fully saturated rings. The van der Waals surface area contributed by atoms with Crippen molar-refractivity contribution in [1.82, 2.24) is 9.97 Å². The van der Waals surface area contributed by atoms with Gasteiger partial charge in [-0.2, -0.15) is 0 Å². The Morgan fingerprint density at radius 3 is 2.37 bits per heavy atom. The van der Waals surface area contributed by atoms with E-state index in [2.05, 4.69) is 17.1 Å². The normalized spacial score (nSPS) is 12.5. The predicted molar refractivity (Wildman–Crippen MR) is 77.8 cm³/mol. The number of benzene rings is 2. The highest BCUT2D eigenvalue weighted by atomic mass is 35.5. The van der Waals surface area contributed by atoms with E-state index in [1.807, 2.05) is 12.1 Å². The maximum Gasteiger partial charge on any atom is 0.0931 e. The fraction of sp³-hybridized carbons (Fsp3) is 0.0667. The summed E-state index contributed by atoms with van der Waals surface area (Å²) in [5.74, 6) is 0. The van der Waals surface area contributed by atoms with Crippen molar-refractivity contribution in [2.24, 2.45) is 0 Å². The lowest BCUT2D eigenvalue weighted by atomic mass is 10.1. The Hall–Kier alpha value is -1.64. The highest BCUT2D eigenvalue weighted by molar-refractivity contribution is 6.42. The van der Waals surface area contributed by atoms with Gasteiger partial charge in [0, 0.05) is 12.0 Å². The molecule has 92 valence electrons. The summed E-state index contributed by atoms with van der Waals surface area (Å²) in [6, 6.07) is 11.8. The molecule has 1 aliphatic rings. The Morgan fingerprint density at radius 2 is 1.58 bits per heavy atom. The molecule has 0 saturated carbocycles. The van der Waals surface area contributed by atoms with Crippen molar-refractivity contribution in [2.75, 3.05) is 0 Å². The quantitative estimate of drug-likeness (QED) is 0.475. The third-order valence-electron chi connectivity index (χ3n) is 3.41. The number of aromatic nitrogens is 2. The SMILES string of the molecule is Clc1cc2nc3c(nc2cc1Cl)-c1ccccc1C3. The molecule has 0 unspecified atom stereocenters. The molecular formula is C15H8Cl2N2. The summed E-state index contributed by atoms with van der Waals surface area (Å²) in [6.07, 6.45) is 0.828. The number of rotatable bonds is 0. The van der Waals surface area contributed by atoms with Gasteiger partial charge in [-0.15, -0.1) is 0 Å². The molecule has 0 atom stereocenters. The van der Waals surface area contributed by atoms with Gasteiger partial charge < -0.3 is 0 Å². The Morgan fingerprint density at radius 1 is 0.895 bits per heavy atom. The first-order valence-electron chi connectivity index (χ1n) is 5.96. The summed E-state index contributed by atoms with van der Waals surface area (Å²) < 4.78 is 0. The Kier molecular flexibility index (Phi) is 2.32. The van der Waals surface area contributed by atoms with Crippen LogP contribution >= 0.6 is 23.2 Å². The molecule has 0 bridgehead atoms. The summed E-state index contributed by atoms with van der Waals surface area (Å²) in [5, 5.41) is 1.02. The van der Waals surface area contributed by atoms with E-state index in [4.69, 9.17) is 28.2 Å². The maximum atomic E-state index is 6.04. The van der Waals surface area contributed by atoms with Crippen LogP contribution in [0.1, 0.15) is 11.3 Å². The fourth-order valence-corrected chi connectivity index (χ4v) is 2.83. The molecule has 0 saturated heterocycles. The number of hydrogen-bond donors (Lipinski definition) is 0. The van der Waals surface area contributed by atoms with Crippen LogP contribution in [0.25, 0.3) is 22.3 Å². The molecule has 1 aromatic heterocycles. The molecule has 2 aromatic carbocycles. The molecule has 0 spiro atoms. The lowest BCUT2D eigenvalue weighted by molar-refractivity contribution is 1.13. The first-order valence-corrected chi connectivity index (χ1v) is 6.72. The van der Waals surface area contributed by atoms with E-state index in [9.17, 15) is 0 Å². The minimum atomic E-state index is 0.509. The van der Waals surface area contributed by atoms with Crippen LogP contribution in [0.5, 0.6) is 0 Å². The molecule has 0 radical (unpaired) electrons. The molecule has 0 N–H and O–H groups in total. The number of nitrogens with zero attached hydrogens (tertiary/aromatic N) is 2. The summed E-state index contributed by atoms with van der Waals surface area (Å²) in [7, 11) is 0. The monoisotopic (exact) mass is 286 g/mol. The van der Waals surface area contributed by atoms with Crippen LogP contribution in [0.15, 0.2) is 36.4 Å². The van der Waals surface area contributed by atoms with Gasteiger partial charge in [0.05, 0.1) is 32.5 Å². The second-order valence-corrected chi connectivity index (χ2v) is 5.42. The van der Waals surface area contributed by atoms with E-state index < -0.39 is 0 Å². The van der Waals surface area contributed by atoms with E-state index in [0.29, 0.717) is 10.0 Å². The van der Waals surface area contributed by atoms with Gasteiger partial charge in [0.15, 0.2) is 0 Å². The zero-order valence-corrected chi connectivity index (χ0v) is 11.3. The predicted octanol–water partition coefficient (Wildman–Crippen LogP) is 4.51. The molecule has 19 heavy (non-hydrogen) atoms. The van der Waals surface area contributed by atoms with E-state index in [-0.39, 0.29) is 0 Å². The van der Waals surface area contributed by atoms with Crippen molar-refractivity contribution in [3.63, 3.8) is 0 Å². The second kappa shape index (κ2) is 3.92. The molecule has 0 amide bonds. The van der Waals surface area contributed by atoms with Crippen LogP contribution in [-0.4, -0.2) is 9.97 Å². The third kappa shape index (κ3) is 1.64. The maximum absolute atomic E-state index is 6.04. The van der Waals surface area contributed by atoms with Crippen LogP contribution < -0.4 is 0 Å². The van der Waals surface area contributed by atoms with Gasteiger partial charge in [-0.05, 0) is 17.7 Å². The first-order chi connectivity index (χ1) is 9.22. The number of hydrogen-bond acceptors (Lipinski definition) is 2. The van der Waals surface area contributed by atoms with Crippen LogP contribution in [0.2, 0.25) is 10.0 Å². The van der Waals surface area contributed by atoms with Crippen molar-refractivity contribution in [2.45, 2.75) is 6.42 Å². The number of fused-ring (bicyclic) bond motifs is 4. The van der Waals surface area contributed by atoms with Crippen LogP contribution in [0.3, 0.4) is 0 Å². The summed E-state index contributed by atoms with van der Waals surface area (Å²) in [5.41, 5.74) is 5.97. The van der Waals surface area contributed by atoms with Crippen LogP contribution in [0, 0.1) is 0 Å². The Bertz CT molecular complexity index is 828. The van der Waals surface area contributed by atoms with Gasteiger partial charge in [0.2, 0.25) is 0 Å². The van der Waals surface area contributed by atoms with Crippen molar-refractivity contribution in [3.05, 3.63) is 57.7 Å². The van der Waals surface area contributed by atoms with E-state index in [0.717, 1.165) is 34.4 Å². The van der Waals surface area contributed by atoms with Crippen molar-refractivity contribution in [1.29, 1.82) is 0 Å². The fourth-order valence-electron chi connectivity index (χ4n) is 2.51. The molecular weight excluding hydrogens is 279 g/mol. The van der Waals surface area contributed by atoms with Gasteiger partial charge in [0.25, 0.3) is 0 Å². The van der Waals surface area contributed by atoms with E-state index in [1.54, 1.807) is 12.1 Å². The highest BCUT2D eigenvalue weighted by Crippen LogP contribution is 2.36. The van der Waals surface area contributed by atoms with Gasteiger partial charge in [-0.1, -0.05) is 47.5 Å². The lowest BCUT2D eigenvalue weighted by Crippen LogP contribution is -1.92. The molecule has 0 aliphatic heterocycles. The second-order valence-electron chi connectivity index (χ2n) is 4.61. The van der Waals surface area contributed by atoms with Crippen molar-refractivity contribution in [3.8, 4) is 11.3 Å². The molecule has 1 aliphatic carbocycles. The van der Waals surface area contributed by atoms with Crippen LogP contribution in [-0.2, 0) is 6.42 Å².